The zero-order valence-electron chi connectivity index (χ0n) is 8.56. The lowest BCUT2D eigenvalue weighted by molar-refractivity contribution is 0.480. The third kappa shape index (κ3) is 2.81. The van der Waals surface area contributed by atoms with Crippen molar-refractivity contribution in [2.75, 3.05) is 0 Å². The van der Waals surface area contributed by atoms with Crippen LogP contribution in [0.4, 0.5) is 0 Å². The van der Waals surface area contributed by atoms with Gasteiger partial charge in [0, 0.05) is 23.3 Å². The first kappa shape index (κ1) is 11.1. The van der Waals surface area contributed by atoms with E-state index >= 15 is 0 Å². The molecule has 0 unspecified atom stereocenters. The number of nitrogens with zero attached hydrogens (tertiary/aromatic N) is 1. The molecule has 0 bridgehead atoms. The van der Waals surface area contributed by atoms with E-state index < -0.39 is 0 Å². The first-order valence-electron chi connectivity index (χ1n) is 4.86. The number of benzene rings is 1. The average molecular weight is 279 g/mol. The summed E-state index contributed by atoms with van der Waals surface area (Å²) in [6.07, 6.45) is 1.69. The van der Waals surface area contributed by atoms with Crippen molar-refractivity contribution in [2.45, 2.75) is 6.54 Å². The summed E-state index contributed by atoms with van der Waals surface area (Å²) >= 11 is 3.39. The number of aromatic nitrogens is 1. The molecule has 0 aliphatic carbocycles. The third-order valence-corrected chi connectivity index (χ3v) is 2.52. The van der Waals surface area contributed by atoms with E-state index in [-0.39, 0.29) is 0 Å². The number of halogens is 1. The topological polar surface area (TPSA) is 48.1 Å². The van der Waals surface area contributed by atoms with Gasteiger partial charge in [0.15, 0.2) is 0 Å². The summed E-state index contributed by atoms with van der Waals surface area (Å²) < 4.78 is 6.66. The van der Waals surface area contributed by atoms with Gasteiger partial charge in [-0.25, -0.2) is 0 Å². The van der Waals surface area contributed by atoms with Gasteiger partial charge >= 0.3 is 0 Å². The quantitative estimate of drug-likeness (QED) is 0.939. The summed E-state index contributed by atoms with van der Waals surface area (Å²) in [6.45, 7) is 0.412. The molecule has 16 heavy (non-hydrogen) atoms. The van der Waals surface area contributed by atoms with E-state index in [0.717, 1.165) is 21.7 Å². The van der Waals surface area contributed by atoms with Crippen molar-refractivity contribution in [1.82, 2.24) is 4.98 Å². The largest absolute Gasteiger partial charge is 0.457 e. The molecule has 2 aromatic rings. The lowest BCUT2D eigenvalue weighted by atomic mass is 10.3. The Bertz CT molecular complexity index is 488. The van der Waals surface area contributed by atoms with Crippen molar-refractivity contribution < 1.29 is 4.74 Å². The van der Waals surface area contributed by atoms with Gasteiger partial charge in [-0.05, 0) is 24.3 Å². The lowest BCUT2D eigenvalue weighted by Gasteiger charge is -2.06. The summed E-state index contributed by atoms with van der Waals surface area (Å²) in [6, 6.07) is 11.3. The van der Waals surface area contributed by atoms with E-state index in [2.05, 4.69) is 20.9 Å². The van der Waals surface area contributed by atoms with Crippen LogP contribution in [0.15, 0.2) is 47.1 Å². The number of pyridine rings is 1. The second-order valence-electron chi connectivity index (χ2n) is 3.25. The molecule has 0 aliphatic rings. The van der Waals surface area contributed by atoms with E-state index in [0.29, 0.717) is 6.54 Å². The van der Waals surface area contributed by atoms with Gasteiger partial charge in [0.05, 0.1) is 5.69 Å². The zero-order chi connectivity index (χ0) is 11.4. The summed E-state index contributed by atoms with van der Waals surface area (Å²) in [5.41, 5.74) is 6.32. The maximum Gasteiger partial charge on any atom is 0.130 e. The average Bonchev–Trinajstić information content (AvgIpc) is 2.29. The Balaban J connectivity index is 2.20. The molecule has 0 atom stereocenters. The number of hydrogen-bond donors (Lipinski definition) is 1. The van der Waals surface area contributed by atoms with Crippen molar-refractivity contribution in [1.29, 1.82) is 0 Å². The highest BCUT2D eigenvalue weighted by atomic mass is 79.9. The number of nitrogens with two attached hydrogens (primary N) is 1. The second kappa shape index (κ2) is 5.09. The SMILES string of the molecule is NCc1cc(Oc2cccc(Br)c2)ccn1. The maximum absolute atomic E-state index is 5.68. The van der Waals surface area contributed by atoms with Crippen LogP contribution < -0.4 is 10.5 Å². The van der Waals surface area contributed by atoms with Gasteiger partial charge in [0.1, 0.15) is 11.5 Å². The monoisotopic (exact) mass is 278 g/mol. The molecular weight excluding hydrogens is 268 g/mol. The van der Waals surface area contributed by atoms with E-state index in [4.69, 9.17) is 10.5 Å². The fourth-order valence-corrected chi connectivity index (χ4v) is 1.68. The van der Waals surface area contributed by atoms with Crippen LogP contribution in [0.25, 0.3) is 0 Å². The summed E-state index contributed by atoms with van der Waals surface area (Å²) in [4.78, 5) is 4.10. The molecule has 3 nitrogen and oxygen atoms in total. The highest BCUT2D eigenvalue weighted by molar-refractivity contribution is 9.10. The van der Waals surface area contributed by atoms with Crippen molar-refractivity contribution in [3.63, 3.8) is 0 Å². The second-order valence-corrected chi connectivity index (χ2v) is 4.16. The van der Waals surface area contributed by atoms with Crippen LogP contribution in [0, 0.1) is 0 Å². The van der Waals surface area contributed by atoms with E-state index in [9.17, 15) is 0 Å². The molecule has 2 rings (SSSR count). The molecule has 82 valence electrons. The molecule has 2 N–H and O–H groups in total. The minimum absolute atomic E-state index is 0.412. The standard InChI is InChI=1S/C12H11BrN2O/c13-9-2-1-3-11(6-9)16-12-4-5-15-10(7-12)8-14/h1-7H,8,14H2. The summed E-state index contributed by atoms with van der Waals surface area (Å²) in [7, 11) is 0. The minimum Gasteiger partial charge on any atom is -0.457 e. The van der Waals surface area contributed by atoms with Crippen LogP contribution in [-0.4, -0.2) is 4.98 Å². The van der Waals surface area contributed by atoms with Gasteiger partial charge in [0.2, 0.25) is 0 Å². The first-order chi connectivity index (χ1) is 7.78. The van der Waals surface area contributed by atoms with E-state index in [1.807, 2.05) is 30.3 Å². The fourth-order valence-electron chi connectivity index (χ4n) is 1.30. The lowest BCUT2D eigenvalue weighted by Crippen LogP contribution is -1.99. The molecule has 0 saturated carbocycles. The molecule has 0 amide bonds. The third-order valence-electron chi connectivity index (χ3n) is 2.03. The van der Waals surface area contributed by atoms with Crippen LogP contribution in [0.5, 0.6) is 11.5 Å². The van der Waals surface area contributed by atoms with E-state index in [1.54, 1.807) is 12.3 Å². The normalized spacial score (nSPS) is 10.1. The highest BCUT2D eigenvalue weighted by Gasteiger charge is 1.99. The summed E-state index contributed by atoms with van der Waals surface area (Å²) in [5, 5.41) is 0. The van der Waals surface area contributed by atoms with Gasteiger partial charge in [-0.1, -0.05) is 22.0 Å². The molecular formula is C12H11BrN2O. The van der Waals surface area contributed by atoms with Crippen LogP contribution in [-0.2, 0) is 6.54 Å². The first-order valence-corrected chi connectivity index (χ1v) is 5.65. The van der Waals surface area contributed by atoms with Crippen LogP contribution in [0.2, 0.25) is 0 Å². The van der Waals surface area contributed by atoms with Gasteiger partial charge in [0.25, 0.3) is 0 Å². The Morgan fingerprint density at radius 3 is 2.75 bits per heavy atom. The Kier molecular flexibility index (Phi) is 3.54. The van der Waals surface area contributed by atoms with E-state index in [1.165, 1.54) is 0 Å². The molecule has 1 heterocycles. The van der Waals surface area contributed by atoms with Gasteiger partial charge < -0.3 is 10.5 Å². The van der Waals surface area contributed by atoms with Gasteiger partial charge in [-0.2, -0.15) is 0 Å². The molecule has 4 heteroatoms. The number of ether oxygens (including phenoxy) is 1. The van der Waals surface area contributed by atoms with Crippen molar-refractivity contribution in [3.05, 3.63) is 52.8 Å². The Labute approximate surface area is 102 Å². The van der Waals surface area contributed by atoms with Crippen molar-refractivity contribution in [2.24, 2.45) is 5.73 Å². The van der Waals surface area contributed by atoms with Crippen LogP contribution in [0.3, 0.4) is 0 Å². The molecule has 1 aromatic carbocycles. The Morgan fingerprint density at radius 1 is 1.19 bits per heavy atom. The minimum atomic E-state index is 0.412. The summed E-state index contributed by atoms with van der Waals surface area (Å²) in [5.74, 6) is 1.53. The molecule has 0 spiro atoms. The van der Waals surface area contributed by atoms with Gasteiger partial charge in [-0.3, -0.25) is 4.98 Å². The number of hydrogen-bond acceptors (Lipinski definition) is 3. The Hall–Kier alpha value is -1.39. The van der Waals surface area contributed by atoms with Crippen molar-refractivity contribution >= 4 is 15.9 Å². The molecule has 1 aromatic heterocycles. The zero-order valence-corrected chi connectivity index (χ0v) is 10.1. The predicted molar refractivity (Wildman–Crippen MR) is 66.3 cm³/mol. The maximum atomic E-state index is 5.68. The van der Waals surface area contributed by atoms with Crippen molar-refractivity contribution in [3.8, 4) is 11.5 Å². The molecule has 0 saturated heterocycles. The predicted octanol–water partition coefficient (Wildman–Crippen LogP) is 3.10. The van der Waals surface area contributed by atoms with Gasteiger partial charge in [-0.15, -0.1) is 0 Å². The van der Waals surface area contributed by atoms with Crippen LogP contribution in [0.1, 0.15) is 5.69 Å². The Morgan fingerprint density at radius 2 is 2.00 bits per heavy atom. The molecule has 0 radical (unpaired) electrons. The number of rotatable bonds is 3. The molecule has 0 aliphatic heterocycles. The molecule has 0 fully saturated rings. The smallest absolute Gasteiger partial charge is 0.130 e. The highest BCUT2D eigenvalue weighted by Crippen LogP contribution is 2.24. The van der Waals surface area contributed by atoms with Crippen LogP contribution >= 0.6 is 15.9 Å². The fraction of sp³-hybridized carbons (Fsp3) is 0.0833.